The molecule has 6 heteroatoms. The number of hydrogen-bond donors (Lipinski definition) is 1. The number of carbonyl (C=O) groups excluding carboxylic acids is 1. The molecule has 2 saturated heterocycles. The smallest absolute Gasteiger partial charge is 0.335 e. The molecule has 0 aliphatic carbocycles. The number of benzene rings is 2. The highest BCUT2D eigenvalue weighted by atomic mass is 16.7. The van der Waals surface area contributed by atoms with E-state index in [2.05, 4.69) is 13.8 Å². The summed E-state index contributed by atoms with van der Waals surface area (Å²) >= 11 is 0. The second kappa shape index (κ2) is 13.0. The second-order valence-electron chi connectivity index (χ2n) is 9.05. The Morgan fingerprint density at radius 3 is 1.79 bits per heavy atom. The summed E-state index contributed by atoms with van der Waals surface area (Å²) in [6.45, 7) is 9.14. The number of esters is 1. The van der Waals surface area contributed by atoms with Crippen LogP contribution in [0.4, 0.5) is 0 Å². The van der Waals surface area contributed by atoms with Crippen molar-refractivity contribution in [1.29, 1.82) is 0 Å². The van der Waals surface area contributed by atoms with Gasteiger partial charge < -0.3 is 24.1 Å². The monoisotopic (exact) mass is 470 g/mol. The van der Waals surface area contributed by atoms with E-state index < -0.39 is 12.4 Å². The molecule has 2 aromatic carbocycles. The topological polar surface area (TPSA) is 74.2 Å². The molecule has 1 unspecified atom stereocenters. The van der Waals surface area contributed by atoms with E-state index in [1.54, 1.807) is 0 Å². The summed E-state index contributed by atoms with van der Waals surface area (Å²) in [6.07, 6.45) is 0.426. The molecule has 7 atom stereocenters. The summed E-state index contributed by atoms with van der Waals surface area (Å²) in [6, 6.07) is 19.8. The molecule has 34 heavy (non-hydrogen) atoms. The molecule has 0 radical (unpaired) electrons. The Morgan fingerprint density at radius 1 is 0.794 bits per heavy atom. The van der Waals surface area contributed by atoms with Crippen molar-refractivity contribution < 1.29 is 28.8 Å². The molecule has 2 aliphatic heterocycles. The fourth-order valence-electron chi connectivity index (χ4n) is 4.49. The highest BCUT2D eigenvalue weighted by molar-refractivity contribution is 5.77. The van der Waals surface area contributed by atoms with Crippen molar-refractivity contribution in [2.75, 3.05) is 0 Å². The van der Waals surface area contributed by atoms with Gasteiger partial charge in [0.05, 0.1) is 19.3 Å². The summed E-state index contributed by atoms with van der Waals surface area (Å²) < 4.78 is 22.2. The maximum Gasteiger partial charge on any atom is 0.335 e. The maximum atomic E-state index is 11.6. The molecular weight excluding hydrogens is 432 g/mol. The Morgan fingerprint density at radius 2 is 1.32 bits per heavy atom. The zero-order chi connectivity index (χ0) is 24.5. The van der Waals surface area contributed by atoms with Crippen LogP contribution in [0.3, 0.4) is 0 Å². The van der Waals surface area contributed by atoms with Gasteiger partial charge in [0.1, 0.15) is 12.2 Å². The Bertz CT molecular complexity index is 858. The van der Waals surface area contributed by atoms with Crippen LogP contribution in [0.15, 0.2) is 60.7 Å². The lowest BCUT2D eigenvalue weighted by atomic mass is 9.99. The molecule has 2 heterocycles. The third-order valence-corrected chi connectivity index (χ3v) is 6.63. The van der Waals surface area contributed by atoms with Gasteiger partial charge in [0.2, 0.25) is 0 Å². The van der Waals surface area contributed by atoms with Crippen LogP contribution in [0.2, 0.25) is 0 Å². The fraction of sp³-hybridized carbons (Fsp3) is 0.536. The van der Waals surface area contributed by atoms with E-state index in [1.165, 1.54) is 0 Å². The highest BCUT2D eigenvalue weighted by Crippen LogP contribution is 2.30. The molecule has 4 rings (SSSR count). The molecule has 6 nitrogen and oxygen atoms in total. The van der Waals surface area contributed by atoms with E-state index in [0.29, 0.717) is 13.2 Å². The molecule has 2 fully saturated rings. The van der Waals surface area contributed by atoms with E-state index >= 15 is 0 Å². The van der Waals surface area contributed by atoms with Crippen molar-refractivity contribution in [3.63, 3.8) is 0 Å². The van der Waals surface area contributed by atoms with Crippen LogP contribution in [0.1, 0.15) is 51.7 Å². The average Bonchev–Trinajstić information content (AvgIpc) is 3.30. The standard InChI is InChI=1S/C14H20O3.C14H18O3/c2*1-3-12-10(2)13(14(15)17-12)16-9-11-7-5-4-6-8-11/h4-8,10,12-15H,3,9H2,1-2H3;4-8,10,12-13H,3,9H2,1-2H3/t10-,12-,13-,14?;10-,12-,13-/m11/s1. The molecule has 1 N–H and O–H groups in total. The lowest BCUT2D eigenvalue weighted by molar-refractivity contribution is -0.150. The summed E-state index contributed by atoms with van der Waals surface area (Å²) in [5.74, 6) is 0.148. The van der Waals surface area contributed by atoms with E-state index in [-0.39, 0.29) is 36.1 Å². The van der Waals surface area contributed by atoms with Crippen LogP contribution in [-0.2, 0) is 37.0 Å². The van der Waals surface area contributed by atoms with Crippen molar-refractivity contribution >= 4 is 5.97 Å². The quantitative estimate of drug-likeness (QED) is 0.555. The van der Waals surface area contributed by atoms with Gasteiger partial charge in [-0.3, -0.25) is 0 Å². The van der Waals surface area contributed by atoms with Crippen LogP contribution in [-0.4, -0.2) is 41.8 Å². The number of aliphatic hydroxyl groups is 1. The summed E-state index contributed by atoms with van der Waals surface area (Å²) in [5, 5.41) is 9.79. The first kappa shape index (κ1) is 26.4. The minimum atomic E-state index is -0.793. The van der Waals surface area contributed by atoms with Crippen LogP contribution < -0.4 is 0 Å². The second-order valence-corrected chi connectivity index (χ2v) is 9.05. The average molecular weight is 471 g/mol. The maximum absolute atomic E-state index is 11.6. The number of rotatable bonds is 8. The predicted octanol–water partition coefficient (Wildman–Crippen LogP) is 4.88. The Kier molecular flexibility index (Phi) is 10.1. The van der Waals surface area contributed by atoms with Crippen molar-refractivity contribution in [3.8, 4) is 0 Å². The van der Waals surface area contributed by atoms with Crippen LogP contribution in [0.25, 0.3) is 0 Å². The third kappa shape index (κ3) is 6.89. The molecule has 0 bridgehead atoms. The molecular formula is C28H38O6. The zero-order valence-corrected chi connectivity index (χ0v) is 20.6. The number of hydrogen-bond acceptors (Lipinski definition) is 6. The van der Waals surface area contributed by atoms with Crippen molar-refractivity contribution in [2.45, 2.75) is 84.5 Å². The Hall–Kier alpha value is -2.25. The van der Waals surface area contributed by atoms with Gasteiger partial charge in [0, 0.05) is 11.8 Å². The summed E-state index contributed by atoms with van der Waals surface area (Å²) in [5.41, 5.74) is 2.19. The van der Waals surface area contributed by atoms with Gasteiger partial charge in [0.25, 0.3) is 0 Å². The first-order chi connectivity index (χ1) is 16.4. The van der Waals surface area contributed by atoms with Gasteiger partial charge in [-0.2, -0.15) is 0 Å². The number of ether oxygens (including phenoxy) is 4. The minimum absolute atomic E-state index is 0.00303. The zero-order valence-electron chi connectivity index (χ0n) is 20.6. The minimum Gasteiger partial charge on any atom is -0.460 e. The first-order valence-corrected chi connectivity index (χ1v) is 12.3. The Labute approximate surface area is 203 Å². The number of aliphatic hydroxyl groups excluding tert-OH is 1. The van der Waals surface area contributed by atoms with E-state index in [1.807, 2.05) is 74.5 Å². The number of carbonyl (C=O) groups is 1. The third-order valence-electron chi connectivity index (χ3n) is 6.63. The van der Waals surface area contributed by atoms with Crippen molar-refractivity contribution in [1.82, 2.24) is 0 Å². The first-order valence-electron chi connectivity index (χ1n) is 12.3. The molecule has 0 spiro atoms. The predicted molar refractivity (Wildman–Crippen MR) is 130 cm³/mol. The van der Waals surface area contributed by atoms with Gasteiger partial charge in [-0.15, -0.1) is 0 Å². The van der Waals surface area contributed by atoms with Gasteiger partial charge >= 0.3 is 5.97 Å². The molecule has 0 saturated carbocycles. The number of cyclic esters (lactones) is 1. The molecule has 186 valence electrons. The van der Waals surface area contributed by atoms with E-state index in [0.717, 1.165) is 24.0 Å². The van der Waals surface area contributed by atoms with Crippen LogP contribution >= 0.6 is 0 Å². The van der Waals surface area contributed by atoms with E-state index in [9.17, 15) is 9.90 Å². The molecule has 2 aromatic rings. The Balaban J connectivity index is 0.000000191. The fourth-order valence-corrected chi connectivity index (χ4v) is 4.49. The largest absolute Gasteiger partial charge is 0.460 e. The van der Waals surface area contributed by atoms with Gasteiger partial charge in [-0.1, -0.05) is 88.4 Å². The summed E-state index contributed by atoms with van der Waals surface area (Å²) in [7, 11) is 0. The van der Waals surface area contributed by atoms with Crippen LogP contribution in [0, 0.1) is 11.8 Å². The van der Waals surface area contributed by atoms with Crippen LogP contribution in [0.5, 0.6) is 0 Å². The molecule has 0 amide bonds. The lowest BCUT2D eigenvalue weighted by Gasteiger charge is -2.18. The van der Waals surface area contributed by atoms with E-state index in [4.69, 9.17) is 18.9 Å². The van der Waals surface area contributed by atoms with Crippen molar-refractivity contribution in [3.05, 3.63) is 71.8 Å². The van der Waals surface area contributed by atoms with Gasteiger partial charge in [0.15, 0.2) is 12.4 Å². The summed E-state index contributed by atoms with van der Waals surface area (Å²) in [4.78, 5) is 11.6. The van der Waals surface area contributed by atoms with Gasteiger partial charge in [-0.25, -0.2) is 4.79 Å². The highest BCUT2D eigenvalue weighted by Gasteiger charge is 2.42. The van der Waals surface area contributed by atoms with Gasteiger partial charge in [-0.05, 0) is 24.0 Å². The molecule has 2 aliphatic rings. The SMILES string of the molecule is CC[C@H]1OC(=O)[C@H](OCc2ccccc2)[C@@H]1C.CC[C@H]1OC(O)[C@H](OCc2ccccc2)[C@@H]1C. The van der Waals surface area contributed by atoms with Crippen molar-refractivity contribution in [2.24, 2.45) is 11.8 Å². The normalized spacial score (nSPS) is 30.5. The molecule has 0 aromatic heterocycles. The lowest BCUT2D eigenvalue weighted by Crippen LogP contribution is -2.28.